The molecule has 0 radical (unpaired) electrons. The number of carbonyl (C=O) groups excluding carboxylic acids is 2. The first-order valence-electron chi connectivity index (χ1n) is 8.78. The van der Waals surface area contributed by atoms with E-state index >= 15 is 0 Å². The van der Waals surface area contributed by atoms with Gasteiger partial charge in [-0.05, 0) is 36.1 Å². The minimum Gasteiger partial charge on any atom is -0.478 e. The fourth-order valence-electron chi connectivity index (χ4n) is 3.20. The first-order valence-corrected chi connectivity index (χ1v) is 11.7. The predicted octanol–water partition coefficient (Wildman–Crippen LogP) is -0.413. The van der Waals surface area contributed by atoms with Crippen molar-refractivity contribution in [2.24, 2.45) is 5.92 Å². The number of carbonyl (C=O) groups is 3. The van der Waals surface area contributed by atoms with Crippen LogP contribution in [0.3, 0.4) is 0 Å². The standard InChI is InChI=1S/C17H20N2O10S2/c20-9-18-7-12-3-1-10(5-14(12)30(24,25)26)16(21)19-8-13-4-2-11(17(22)23)6-15(13)31(27,28)29/h2-4,6,9-10,14H,1,5,7-8H2,(H,18,20)(H,19,21)(H,22,23)(H,24,25,26)(H,27,28,29). The Morgan fingerprint density at radius 3 is 2.35 bits per heavy atom. The van der Waals surface area contributed by atoms with Crippen LogP contribution in [0.2, 0.25) is 0 Å². The van der Waals surface area contributed by atoms with E-state index in [1.54, 1.807) is 0 Å². The van der Waals surface area contributed by atoms with Crippen LogP contribution >= 0.6 is 0 Å². The minimum atomic E-state index is -4.78. The number of benzene rings is 1. The molecule has 0 saturated carbocycles. The lowest BCUT2D eigenvalue weighted by Crippen LogP contribution is -2.39. The summed E-state index contributed by atoms with van der Waals surface area (Å²) in [4.78, 5) is 33.3. The van der Waals surface area contributed by atoms with Gasteiger partial charge in [-0.3, -0.25) is 18.7 Å². The van der Waals surface area contributed by atoms with Crippen molar-refractivity contribution in [1.82, 2.24) is 10.6 Å². The molecule has 2 unspecified atom stereocenters. The number of hydrogen-bond acceptors (Lipinski definition) is 7. The second kappa shape index (κ2) is 9.55. The van der Waals surface area contributed by atoms with Crippen molar-refractivity contribution >= 4 is 38.5 Å². The number of amides is 2. The van der Waals surface area contributed by atoms with E-state index in [4.69, 9.17) is 5.11 Å². The van der Waals surface area contributed by atoms with E-state index in [2.05, 4.69) is 10.6 Å². The summed E-state index contributed by atoms with van der Waals surface area (Å²) in [5.41, 5.74) is -0.224. The molecule has 1 aromatic rings. The smallest absolute Gasteiger partial charge is 0.335 e. The van der Waals surface area contributed by atoms with Crippen LogP contribution in [0.25, 0.3) is 0 Å². The molecular formula is C17H20N2O10S2. The largest absolute Gasteiger partial charge is 0.478 e. The lowest BCUT2D eigenvalue weighted by Gasteiger charge is -2.27. The van der Waals surface area contributed by atoms with E-state index < -0.39 is 48.2 Å². The Bertz CT molecular complexity index is 1130. The van der Waals surface area contributed by atoms with Crippen LogP contribution in [0.5, 0.6) is 0 Å². The lowest BCUT2D eigenvalue weighted by atomic mass is 9.88. The van der Waals surface area contributed by atoms with Crippen molar-refractivity contribution in [1.29, 1.82) is 0 Å². The van der Waals surface area contributed by atoms with Gasteiger partial charge in [0.15, 0.2) is 0 Å². The second-order valence-corrected chi connectivity index (χ2v) is 9.76. The molecule has 0 saturated heterocycles. The molecule has 0 heterocycles. The van der Waals surface area contributed by atoms with E-state index in [1.807, 2.05) is 0 Å². The Hall–Kier alpha value is -2.81. The van der Waals surface area contributed by atoms with Gasteiger partial charge in [0.1, 0.15) is 5.25 Å². The maximum absolute atomic E-state index is 12.5. The minimum absolute atomic E-state index is 0.0746. The SMILES string of the molecule is O=CNCC1=CCC(C(=O)NCc2ccc(C(=O)O)cc2S(=O)(=O)O)CC1S(=O)(=O)O. The number of rotatable bonds is 9. The number of carboxylic acids is 1. The molecule has 0 bridgehead atoms. The van der Waals surface area contributed by atoms with Gasteiger partial charge in [0.2, 0.25) is 12.3 Å². The molecule has 12 nitrogen and oxygen atoms in total. The van der Waals surface area contributed by atoms with Crippen LogP contribution in [0.15, 0.2) is 34.7 Å². The molecule has 14 heteroatoms. The van der Waals surface area contributed by atoms with Gasteiger partial charge in [0, 0.05) is 19.0 Å². The van der Waals surface area contributed by atoms with Crippen molar-refractivity contribution < 1.29 is 45.4 Å². The van der Waals surface area contributed by atoms with Gasteiger partial charge in [0.05, 0.1) is 10.5 Å². The molecule has 1 aliphatic rings. The van der Waals surface area contributed by atoms with Gasteiger partial charge in [0.25, 0.3) is 20.2 Å². The van der Waals surface area contributed by atoms with Crippen molar-refractivity contribution in [3.63, 3.8) is 0 Å². The Balaban J connectivity index is 2.19. The summed E-state index contributed by atoms with van der Waals surface area (Å²) in [5.74, 6) is -2.93. The van der Waals surface area contributed by atoms with Crippen molar-refractivity contribution in [3.05, 3.63) is 41.0 Å². The monoisotopic (exact) mass is 476 g/mol. The average Bonchev–Trinajstić information content (AvgIpc) is 2.68. The maximum Gasteiger partial charge on any atom is 0.335 e. The highest BCUT2D eigenvalue weighted by Crippen LogP contribution is 2.29. The predicted molar refractivity (Wildman–Crippen MR) is 105 cm³/mol. The summed E-state index contributed by atoms with van der Waals surface area (Å²) in [5, 5.41) is 12.3. The van der Waals surface area contributed by atoms with Gasteiger partial charge in [-0.15, -0.1) is 0 Å². The normalized spacial score (nSPS) is 19.2. The average molecular weight is 476 g/mol. The summed E-state index contributed by atoms with van der Waals surface area (Å²) in [7, 11) is -9.33. The Kier molecular flexibility index (Phi) is 7.54. The Morgan fingerprint density at radius 2 is 1.81 bits per heavy atom. The maximum atomic E-state index is 12.5. The van der Waals surface area contributed by atoms with Gasteiger partial charge < -0.3 is 15.7 Å². The van der Waals surface area contributed by atoms with Gasteiger partial charge in [-0.25, -0.2) is 4.79 Å². The topological polar surface area (TPSA) is 204 Å². The third-order valence-corrected chi connectivity index (χ3v) is 6.89. The number of carboxylic acid groups (broad SMARTS) is 1. The summed E-state index contributed by atoms with van der Waals surface area (Å²) in [6.07, 6.45) is 1.63. The highest BCUT2D eigenvalue weighted by Gasteiger charge is 2.35. The van der Waals surface area contributed by atoms with E-state index in [-0.39, 0.29) is 42.6 Å². The lowest BCUT2D eigenvalue weighted by molar-refractivity contribution is -0.125. The third kappa shape index (κ3) is 6.33. The fraction of sp³-hybridized carbons (Fsp3) is 0.353. The zero-order valence-corrected chi connectivity index (χ0v) is 17.5. The number of hydrogen-bond donors (Lipinski definition) is 5. The summed E-state index contributed by atoms with van der Waals surface area (Å²) < 4.78 is 65.3. The first kappa shape index (κ1) is 24.5. The highest BCUT2D eigenvalue weighted by atomic mass is 32.2. The van der Waals surface area contributed by atoms with Gasteiger partial charge in [-0.2, -0.15) is 16.8 Å². The Morgan fingerprint density at radius 1 is 1.13 bits per heavy atom. The van der Waals surface area contributed by atoms with Crippen molar-refractivity contribution in [3.8, 4) is 0 Å². The molecule has 5 N–H and O–H groups in total. The van der Waals surface area contributed by atoms with E-state index in [0.29, 0.717) is 6.41 Å². The van der Waals surface area contributed by atoms with Crippen LogP contribution in [-0.2, 0) is 36.4 Å². The summed E-state index contributed by atoms with van der Waals surface area (Å²) >= 11 is 0. The molecule has 2 amide bonds. The quantitative estimate of drug-likeness (QED) is 0.177. The van der Waals surface area contributed by atoms with Crippen LogP contribution in [-0.4, -0.2) is 61.1 Å². The Labute approximate surface area is 177 Å². The fourth-order valence-corrected chi connectivity index (χ4v) is 4.99. The first-order chi connectivity index (χ1) is 14.3. The van der Waals surface area contributed by atoms with Gasteiger partial charge in [-0.1, -0.05) is 12.1 Å². The van der Waals surface area contributed by atoms with Crippen molar-refractivity contribution in [2.45, 2.75) is 29.5 Å². The third-order valence-electron chi connectivity index (χ3n) is 4.74. The van der Waals surface area contributed by atoms with Crippen LogP contribution in [0.1, 0.15) is 28.8 Å². The van der Waals surface area contributed by atoms with Crippen LogP contribution in [0.4, 0.5) is 0 Å². The van der Waals surface area contributed by atoms with Crippen molar-refractivity contribution in [2.75, 3.05) is 6.54 Å². The summed E-state index contributed by atoms with van der Waals surface area (Å²) in [6.45, 7) is -0.500. The zero-order chi connectivity index (χ0) is 23.4. The van der Waals surface area contributed by atoms with Gasteiger partial charge >= 0.3 is 5.97 Å². The number of allylic oxidation sites excluding steroid dienone is 1. The molecule has 0 aromatic heterocycles. The van der Waals surface area contributed by atoms with E-state index in [0.717, 1.165) is 18.2 Å². The number of nitrogens with one attached hydrogen (secondary N) is 2. The summed E-state index contributed by atoms with van der Waals surface area (Å²) in [6, 6.07) is 2.98. The number of aromatic carboxylic acids is 1. The molecular weight excluding hydrogens is 456 g/mol. The second-order valence-electron chi connectivity index (χ2n) is 6.77. The molecule has 2 rings (SSSR count). The van der Waals surface area contributed by atoms with E-state index in [9.17, 15) is 40.3 Å². The van der Waals surface area contributed by atoms with E-state index in [1.165, 1.54) is 6.08 Å². The molecule has 0 fully saturated rings. The van der Waals surface area contributed by atoms with Crippen LogP contribution in [0, 0.1) is 5.92 Å². The molecule has 170 valence electrons. The highest BCUT2D eigenvalue weighted by molar-refractivity contribution is 7.86. The molecule has 2 atom stereocenters. The molecule has 1 aromatic carbocycles. The van der Waals surface area contributed by atoms with Crippen LogP contribution < -0.4 is 10.6 Å². The molecule has 1 aliphatic carbocycles. The molecule has 0 spiro atoms. The zero-order valence-electron chi connectivity index (χ0n) is 15.9. The molecule has 0 aliphatic heterocycles. The molecule has 31 heavy (non-hydrogen) atoms.